The number of hydrogen-bond acceptors (Lipinski definition) is 2. The highest BCUT2D eigenvalue weighted by Gasteiger charge is 2.56. The van der Waals surface area contributed by atoms with E-state index in [1.54, 1.807) is 0 Å². The van der Waals surface area contributed by atoms with Crippen molar-refractivity contribution in [3.05, 3.63) is 178 Å². The van der Waals surface area contributed by atoms with Gasteiger partial charge in [-0.1, -0.05) is 174 Å². The number of carbonyl (C=O) groups is 2. The first-order valence-electron chi connectivity index (χ1n) is 20.8. The second-order valence-electron chi connectivity index (χ2n) is 17.8. The van der Waals surface area contributed by atoms with Crippen LogP contribution in [0.5, 0.6) is 0 Å². The van der Waals surface area contributed by atoms with Crippen LogP contribution >= 0.6 is 0 Å². The molecule has 56 heavy (non-hydrogen) atoms. The van der Waals surface area contributed by atoms with Crippen LogP contribution in [0.4, 0.5) is 0 Å². The minimum atomic E-state index is -0.800. The van der Waals surface area contributed by atoms with E-state index in [1.807, 2.05) is 60.7 Å². The molecule has 0 fully saturated rings. The van der Waals surface area contributed by atoms with Crippen LogP contribution in [-0.2, 0) is 33.3 Å². The van der Waals surface area contributed by atoms with E-state index in [2.05, 4.69) is 145 Å². The molecule has 0 aliphatic heterocycles. The number of benzene rings is 5. The van der Waals surface area contributed by atoms with Crippen molar-refractivity contribution >= 4 is 11.8 Å². The predicted octanol–water partition coefficient (Wildman–Crippen LogP) is 11.0. The van der Waals surface area contributed by atoms with Crippen LogP contribution < -0.4 is 10.6 Å². The van der Waals surface area contributed by atoms with E-state index < -0.39 is 16.4 Å². The largest absolute Gasteiger partial charge is 0.353 e. The third kappa shape index (κ3) is 8.12. The van der Waals surface area contributed by atoms with Gasteiger partial charge in [0, 0.05) is 17.5 Å². The summed E-state index contributed by atoms with van der Waals surface area (Å²) in [5.74, 6) is 1.08. The van der Waals surface area contributed by atoms with Gasteiger partial charge in [0.1, 0.15) is 10.8 Å². The smallest absolute Gasteiger partial charge is 0.235 e. The Kier molecular flexibility index (Phi) is 12.4. The van der Waals surface area contributed by atoms with Crippen molar-refractivity contribution in [3.8, 4) is 0 Å². The van der Waals surface area contributed by atoms with Crippen LogP contribution in [-0.4, -0.2) is 23.4 Å². The molecule has 2 N–H and O–H groups in total. The zero-order valence-corrected chi connectivity index (χ0v) is 34.8. The highest BCUT2D eigenvalue weighted by Crippen LogP contribution is 2.55. The maximum Gasteiger partial charge on any atom is 0.235 e. The van der Waals surface area contributed by atoms with E-state index in [9.17, 15) is 9.59 Å². The summed E-state index contributed by atoms with van der Waals surface area (Å²) in [5, 5.41) is 6.95. The van der Waals surface area contributed by atoms with Crippen molar-refractivity contribution in [1.29, 1.82) is 0 Å². The zero-order valence-electron chi connectivity index (χ0n) is 34.8. The molecule has 6 rings (SSSR count). The van der Waals surface area contributed by atoms with Crippen LogP contribution in [0.3, 0.4) is 0 Å². The minimum Gasteiger partial charge on any atom is -0.353 e. The van der Waals surface area contributed by atoms with Gasteiger partial charge in [0.15, 0.2) is 0 Å². The van der Waals surface area contributed by atoms with Crippen molar-refractivity contribution < 1.29 is 9.59 Å². The predicted molar refractivity (Wildman–Crippen MR) is 232 cm³/mol. The highest BCUT2D eigenvalue weighted by atomic mass is 16.2. The Balaban J connectivity index is 1.04. The molecule has 0 heterocycles. The van der Waals surface area contributed by atoms with E-state index >= 15 is 0 Å². The zero-order chi connectivity index (χ0) is 40.1. The molecule has 0 radical (unpaired) electrons. The number of rotatable bonds is 16. The second-order valence-corrected chi connectivity index (χ2v) is 17.8. The van der Waals surface area contributed by atoms with Gasteiger partial charge >= 0.3 is 0 Å². The number of amides is 2. The Morgan fingerprint density at radius 3 is 1.66 bits per heavy atom. The summed E-state index contributed by atoms with van der Waals surface area (Å²) in [6.07, 6.45) is 3.65. The lowest BCUT2D eigenvalue weighted by molar-refractivity contribution is -0.129. The Bertz CT molecular complexity index is 2020. The first kappa shape index (κ1) is 40.7. The Hall–Kier alpha value is -4.96. The van der Waals surface area contributed by atoms with Crippen molar-refractivity contribution in [2.24, 2.45) is 17.8 Å². The van der Waals surface area contributed by atoms with E-state index in [-0.39, 0.29) is 29.7 Å². The first-order chi connectivity index (χ1) is 26.8. The van der Waals surface area contributed by atoms with Gasteiger partial charge in [-0.15, -0.1) is 0 Å². The van der Waals surface area contributed by atoms with Gasteiger partial charge in [-0.3, -0.25) is 9.59 Å². The number of carbonyl (C=O) groups excluding carboxylic acids is 2. The molecule has 0 bridgehead atoms. The Labute approximate surface area is 336 Å². The quantitative estimate of drug-likeness (QED) is 0.106. The molecule has 0 saturated carbocycles. The molecular formula is C52H62N2O2. The molecule has 4 heteroatoms. The molecular weight excluding hydrogens is 685 g/mol. The molecule has 5 aromatic rings. The molecule has 5 aromatic carbocycles. The summed E-state index contributed by atoms with van der Waals surface area (Å²) in [6, 6.07) is 48.2. The topological polar surface area (TPSA) is 58.2 Å². The van der Waals surface area contributed by atoms with Crippen LogP contribution in [0.2, 0.25) is 0 Å². The molecule has 0 spiro atoms. The fourth-order valence-corrected chi connectivity index (χ4v) is 10.0. The average molecular weight is 747 g/mol. The maximum atomic E-state index is 14.6. The molecule has 0 aromatic heterocycles. The molecule has 4 unspecified atom stereocenters. The molecule has 0 saturated heterocycles. The van der Waals surface area contributed by atoms with Gasteiger partial charge in [-0.25, -0.2) is 0 Å². The third-order valence-corrected chi connectivity index (χ3v) is 12.4. The van der Waals surface area contributed by atoms with Crippen LogP contribution in [0.1, 0.15) is 113 Å². The monoisotopic (exact) mass is 746 g/mol. The average Bonchev–Trinajstić information content (AvgIpc) is 3.16. The molecule has 1 aliphatic carbocycles. The van der Waals surface area contributed by atoms with Crippen molar-refractivity contribution in [1.82, 2.24) is 10.6 Å². The molecule has 2 amide bonds. The SMILES string of the molecule is CC(Cc1ccc(CC(C)CC(C)(C)NC(=O)C(c2ccccc2)(c2ccccc2)C(C)C)cc1)CC(C)NC(=O)C1(c2ccccc2)c2ccccc2[C@H]1C. The van der Waals surface area contributed by atoms with Gasteiger partial charge in [0.2, 0.25) is 11.8 Å². The standard InChI is InChI=1S/C52H62N2O2/c1-36(2)51(43-20-12-9-13-21-43,44-22-14-10-15-23-44)49(56)54-50(7,8)35-38(4)34-42-30-28-41(29-31-42)33-37(3)32-39(5)53-48(55)52(45-24-16-11-17-25-45)40(6)46-26-18-19-27-47(46)52/h9-31,36-40H,32-35H2,1-8H3,(H,53,55)(H,54,56)/t37?,38?,39?,40-,52?/m1/s1. The molecule has 4 nitrogen and oxygen atoms in total. The number of hydrogen-bond donors (Lipinski definition) is 2. The summed E-state index contributed by atoms with van der Waals surface area (Å²) in [7, 11) is 0. The van der Waals surface area contributed by atoms with Gasteiger partial charge in [0.05, 0.1) is 0 Å². The summed E-state index contributed by atoms with van der Waals surface area (Å²) < 4.78 is 0. The normalized spacial score (nSPS) is 18.3. The summed E-state index contributed by atoms with van der Waals surface area (Å²) in [6.45, 7) is 17.5. The van der Waals surface area contributed by atoms with Gasteiger partial charge in [0.25, 0.3) is 0 Å². The van der Waals surface area contributed by atoms with Gasteiger partial charge in [-0.05, 0) is 103 Å². The van der Waals surface area contributed by atoms with Gasteiger partial charge in [-0.2, -0.15) is 0 Å². The van der Waals surface area contributed by atoms with Gasteiger partial charge < -0.3 is 10.6 Å². The maximum absolute atomic E-state index is 14.6. The molecule has 292 valence electrons. The van der Waals surface area contributed by atoms with Crippen LogP contribution in [0.25, 0.3) is 0 Å². The second kappa shape index (κ2) is 17.0. The van der Waals surface area contributed by atoms with E-state index in [1.165, 1.54) is 16.7 Å². The van der Waals surface area contributed by atoms with Crippen LogP contribution in [0.15, 0.2) is 140 Å². The lowest BCUT2D eigenvalue weighted by atomic mass is 9.53. The van der Waals surface area contributed by atoms with Crippen molar-refractivity contribution in [2.45, 2.75) is 109 Å². The van der Waals surface area contributed by atoms with E-state index in [0.29, 0.717) is 11.8 Å². The fraction of sp³-hybridized carbons (Fsp3) is 0.385. The third-order valence-electron chi connectivity index (χ3n) is 12.4. The lowest BCUT2D eigenvalue weighted by Crippen LogP contribution is -2.56. The van der Waals surface area contributed by atoms with E-state index in [0.717, 1.165) is 47.9 Å². The molecule has 1 aliphatic rings. The van der Waals surface area contributed by atoms with E-state index in [4.69, 9.17) is 0 Å². The van der Waals surface area contributed by atoms with Crippen molar-refractivity contribution in [2.75, 3.05) is 0 Å². The summed E-state index contributed by atoms with van der Waals surface area (Å²) in [4.78, 5) is 28.7. The Morgan fingerprint density at radius 1 is 0.643 bits per heavy atom. The summed E-state index contributed by atoms with van der Waals surface area (Å²) >= 11 is 0. The summed E-state index contributed by atoms with van der Waals surface area (Å²) in [5.41, 5.74) is 6.24. The fourth-order valence-electron chi connectivity index (χ4n) is 10.0. The highest BCUT2D eigenvalue weighted by molar-refractivity contribution is 5.97. The number of nitrogens with one attached hydrogen (secondary N) is 2. The lowest BCUT2D eigenvalue weighted by Gasteiger charge is -2.49. The van der Waals surface area contributed by atoms with Crippen LogP contribution in [0, 0.1) is 17.8 Å². The molecule has 5 atom stereocenters. The first-order valence-corrected chi connectivity index (χ1v) is 20.8. The Morgan fingerprint density at radius 2 is 1.12 bits per heavy atom. The number of fused-ring (bicyclic) bond motifs is 1. The minimum absolute atomic E-state index is 0.0461. The van der Waals surface area contributed by atoms with Crippen molar-refractivity contribution in [3.63, 3.8) is 0 Å².